The van der Waals surface area contributed by atoms with Crippen molar-refractivity contribution >= 4 is 5.84 Å². The standard InChI is InChI=1S/C17H15N3O3/c1-17(2)19-15(20-8-4-5-14(22-3)16(20)21)12-9-11(10-18)6-7-13(12)23-17/h4-9H,1-3H3. The first-order valence-electron chi connectivity index (χ1n) is 7.04. The van der Waals surface area contributed by atoms with Crippen molar-refractivity contribution in [2.75, 3.05) is 7.11 Å². The van der Waals surface area contributed by atoms with Crippen LogP contribution in [0.1, 0.15) is 25.0 Å². The van der Waals surface area contributed by atoms with Crippen molar-refractivity contribution in [1.82, 2.24) is 4.57 Å². The SMILES string of the molecule is COc1cccn(C2=NC(C)(C)Oc3ccc(C#N)cc32)c1=O. The van der Waals surface area contributed by atoms with Gasteiger partial charge in [0.15, 0.2) is 11.5 Å². The minimum atomic E-state index is -0.820. The van der Waals surface area contributed by atoms with E-state index in [0.717, 1.165) is 0 Å². The summed E-state index contributed by atoms with van der Waals surface area (Å²) in [7, 11) is 1.44. The molecule has 0 N–H and O–H groups in total. The van der Waals surface area contributed by atoms with Gasteiger partial charge in [-0.15, -0.1) is 0 Å². The molecule has 0 radical (unpaired) electrons. The zero-order chi connectivity index (χ0) is 16.6. The molecule has 2 heterocycles. The molecule has 0 aliphatic carbocycles. The van der Waals surface area contributed by atoms with Crippen LogP contribution in [0.25, 0.3) is 0 Å². The number of rotatable bonds is 1. The number of aliphatic imine (C=N–C) groups is 1. The fourth-order valence-electron chi connectivity index (χ4n) is 2.45. The van der Waals surface area contributed by atoms with Crippen molar-refractivity contribution in [3.63, 3.8) is 0 Å². The van der Waals surface area contributed by atoms with Crippen molar-refractivity contribution in [3.8, 4) is 17.6 Å². The fraction of sp³-hybridized carbons (Fsp3) is 0.235. The molecule has 116 valence electrons. The van der Waals surface area contributed by atoms with E-state index in [0.29, 0.717) is 22.7 Å². The van der Waals surface area contributed by atoms with Crippen LogP contribution in [0.3, 0.4) is 0 Å². The summed E-state index contributed by atoms with van der Waals surface area (Å²) < 4.78 is 12.3. The van der Waals surface area contributed by atoms with Crippen LogP contribution in [0, 0.1) is 11.3 Å². The number of methoxy groups -OCH3 is 1. The van der Waals surface area contributed by atoms with Gasteiger partial charge in [-0.1, -0.05) is 0 Å². The van der Waals surface area contributed by atoms with E-state index >= 15 is 0 Å². The van der Waals surface area contributed by atoms with Crippen molar-refractivity contribution in [1.29, 1.82) is 5.26 Å². The third kappa shape index (κ3) is 2.57. The third-order valence-corrected chi connectivity index (χ3v) is 3.44. The average molecular weight is 309 g/mol. The van der Waals surface area contributed by atoms with Gasteiger partial charge >= 0.3 is 0 Å². The maximum Gasteiger partial charge on any atom is 0.298 e. The first-order valence-corrected chi connectivity index (χ1v) is 7.04. The van der Waals surface area contributed by atoms with Crippen LogP contribution >= 0.6 is 0 Å². The molecule has 0 saturated carbocycles. The molecule has 0 amide bonds. The second kappa shape index (κ2) is 5.29. The highest BCUT2D eigenvalue weighted by Gasteiger charge is 2.29. The topological polar surface area (TPSA) is 76.6 Å². The van der Waals surface area contributed by atoms with Gasteiger partial charge in [0.05, 0.1) is 24.3 Å². The van der Waals surface area contributed by atoms with Crippen LogP contribution in [0.15, 0.2) is 46.3 Å². The van der Waals surface area contributed by atoms with Crippen molar-refractivity contribution in [3.05, 3.63) is 58.0 Å². The highest BCUT2D eigenvalue weighted by molar-refractivity contribution is 6.03. The molecule has 0 saturated heterocycles. The number of benzene rings is 1. The molecule has 3 rings (SSSR count). The van der Waals surface area contributed by atoms with Gasteiger partial charge < -0.3 is 9.47 Å². The second-order valence-electron chi connectivity index (χ2n) is 5.56. The van der Waals surface area contributed by atoms with Gasteiger partial charge in [-0.2, -0.15) is 5.26 Å². The van der Waals surface area contributed by atoms with Gasteiger partial charge in [-0.25, -0.2) is 4.99 Å². The number of ether oxygens (including phenoxy) is 2. The Morgan fingerprint density at radius 2 is 2.13 bits per heavy atom. The average Bonchev–Trinajstić information content (AvgIpc) is 2.53. The van der Waals surface area contributed by atoms with Crippen LogP contribution in [-0.4, -0.2) is 23.2 Å². The van der Waals surface area contributed by atoms with Gasteiger partial charge in [-0.3, -0.25) is 9.36 Å². The van der Waals surface area contributed by atoms with Gasteiger partial charge in [0.25, 0.3) is 5.56 Å². The normalized spacial score (nSPS) is 15.0. The summed E-state index contributed by atoms with van der Waals surface area (Å²) in [6.45, 7) is 3.61. The maximum absolute atomic E-state index is 12.5. The second-order valence-corrected chi connectivity index (χ2v) is 5.56. The third-order valence-electron chi connectivity index (χ3n) is 3.44. The lowest BCUT2D eigenvalue weighted by Crippen LogP contribution is -2.38. The lowest BCUT2D eigenvalue weighted by molar-refractivity contribution is 0.114. The Hall–Kier alpha value is -3.07. The van der Waals surface area contributed by atoms with Crippen molar-refractivity contribution in [2.24, 2.45) is 4.99 Å². The molecular formula is C17H15N3O3. The molecule has 1 aliphatic rings. The Balaban J connectivity index is 2.28. The number of nitriles is 1. The number of fused-ring (bicyclic) bond motifs is 1. The monoisotopic (exact) mass is 309 g/mol. The molecule has 1 aromatic heterocycles. The molecule has 6 heteroatoms. The Bertz CT molecular complexity index is 904. The van der Waals surface area contributed by atoms with Gasteiger partial charge in [0.1, 0.15) is 11.6 Å². The number of hydrogen-bond acceptors (Lipinski definition) is 5. The van der Waals surface area contributed by atoms with Gasteiger partial charge in [0, 0.05) is 6.20 Å². The largest absolute Gasteiger partial charge is 0.491 e. The summed E-state index contributed by atoms with van der Waals surface area (Å²) in [6.07, 6.45) is 1.62. The molecule has 0 spiro atoms. The molecule has 1 aromatic carbocycles. The minimum absolute atomic E-state index is 0.220. The van der Waals surface area contributed by atoms with E-state index in [1.807, 2.05) is 0 Å². The first kappa shape index (κ1) is 14.9. The van der Waals surface area contributed by atoms with Gasteiger partial charge in [-0.05, 0) is 44.2 Å². The van der Waals surface area contributed by atoms with E-state index in [-0.39, 0.29) is 11.3 Å². The number of hydrogen-bond donors (Lipinski definition) is 0. The quantitative estimate of drug-likeness (QED) is 0.809. The smallest absolute Gasteiger partial charge is 0.298 e. The Kier molecular flexibility index (Phi) is 3.41. The summed E-state index contributed by atoms with van der Waals surface area (Å²) in [5, 5.41) is 9.12. The Morgan fingerprint density at radius 1 is 1.35 bits per heavy atom. The minimum Gasteiger partial charge on any atom is -0.491 e. The predicted octanol–water partition coefficient (Wildman–Crippen LogP) is 2.15. The number of aromatic nitrogens is 1. The lowest BCUT2D eigenvalue weighted by atomic mass is 10.1. The maximum atomic E-state index is 12.5. The number of nitrogens with zero attached hydrogens (tertiary/aromatic N) is 3. The first-order chi connectivity index (χ1) is 10.9. The van der Waals surface area contributed by atoms with Crippen LogP contribution in [0.5, 0.6) is 11.5 Å². The van der Waals surface area contributed by atoms with Crippen LogP contribution in [0.4, 0.5) is 0 Å². The zero-order valence-electron chi connectivity index (χ0n) is 13.0. The number of pyridine rings is 1. The zero-order valence-corrected chi connectivity index (χ0v) is 13.0. The van der Waals surface area contributed by atoms with E-state index in [2.05, 4.69) is 11.1 Å². The fourth-order valence-corrected chi connectivity index (χ4v) is 2.45. The molecule has 6 nitrogen and oxygen atoms in total. The molecule has 2 aromatic rings. The van der Waals surface area contributed by atoms with Crippen molar-refractivity contribution in [2.45, 2.75) is 19.6 Å². The van der Waals surface area contributed by atoms with E-state index in [1.165, 1.54) is 11.7 Å². The molecule has 23 heavy (non-hydrogen) atoms. The molecule has 0 unspecified atom stereocenters. The summed E-state index contributed by atoms with van der Waals surface area (Å²) in [5.74, 6) is 1.23. The van der Waals surface area contributed by atoms with E-state index in [4.69, 9.17) is 14.7 Å². The molecular weight excluding hydrogens is 294 g/mol. The van der Waals surface area contributed by atoms with Gasteiger partial charge in [0.2, 0.25) is 0 Å². The summed E-state index contributed by atoms with van der Waals surface area (Å²) in [4.78, 5) is 17.1. The predicted molar refractivity (Wildman–Crippen MR) is 85.1 cm³/mol. The molecule has 0 atom stereocenters. The highest BCUT2D eigenvalue weighted by atomic mass is 16.5. The van der Waals surface area contributed by atoms with Crippen LogP contribution in [-0.2, 0) is 0 Å². The summed E-state index contributed by atoms with van der Waals surface area (Å²) in [6, 6.07) is 10.4. The highest BCUT2D eigenvalue weighted by Crippen LogP contribution is 2.31. The van der Waals surface area contributed by atoms with Crippen LogP contribution in [0.2, 0.25) is 0 Å². The summed E-state index contributed by atoms with van der Waals surface area (Å²) in [5.41, 5.74) is -0.0758. The Labute approximate surface area is 133 Å². The van der Waals surface area contributed by atoms with E-state index in [9.17, 15) is 4.79 Å². The molecule has 0 fully saturated rings. The lowest BCUT2D eigenvalue weighted by Gasteiger charge is -2.30. The Morgan fingerprint density at radius 3 is 2.83 bits per heavy atom. The van der Waals surface area contributed by atoms with Crippen molar-refractivity contribution < 1.29 is 9.47 Å². The van der Waals surface area contributed by atoms with Crippen LogP contribution < -0.4 is 15.0 Å². The molecule has 1 aliphatic heterocycles. The summed E-state index contributed by atoms with van der Waals surface area (Å²) >= 11 is 0. The molecule has 0 bridgehead atoms. The van der Waals surface area contributed by atoms with E-state index < -0.39 is 5.72 Å². The van der Waals surface area contributed by atoms with E-state index in [1.54, 1.807) is 50.4 Å².